The first-order valence-electron chi connectivity index (χ1n) is 9.62. The van der Waals surface area contributed by atoms with Crippen molar-refractivity contribution in [2.24, 2.45) is 0 Å². The van der Waals surface area contributed by atoms with Crippen LogP contribution in [0, 0.1) is 0 Å². The predicted molar refractivity (Wildman–Crippen MR) is 115 cm³/mol. The highest BCUT2D eigenvalue weighted by Gasteiger charge is 2.11. The van der Waals surface area contributed by atoms with Gasteiger partial charge in [0, 0.05) is 34.9 Å². The van der Waals surface area contributed by atoms with Crippen LogP contribution in [0.15, 0.2) is 71.2 Å². The Kier molecular flexibility index (Phi) is 5.63. The average molecular weight is 392 g/mol. The van der Waals surface area contributed by atoms with E-state index < -0.39 is 0 Å². The van der Waals surface area contributed by atoms with Crippen LogP contribution in [0.4, 0.5) is 5.69 Å². The Bertz CT molecular complexity index is 982. The van der Waals surface area contributed by atoms with Gasteiger partial charge in [0.15, 0.2) is 5.78 Å². The van der Waals surface area contributed by atoms with Crippen LogP contribution in [-0.4, -0.2) is 18.9 Å². The number of rotatable bonds is 5. The Morgan fingerprint density at radius 3 is 2.50 bits per heavy atom. The van der Waals surface area contributed by atoms with Gasteiger partial charge >= 0.3 is 0 Å². The molecular weight excluding hydrogens is 370 g/mol. The minimum Gasteiger partial charge on any atom is -0.457 e. The predicted octanol–water partition coefficient (Wildman–Crippen LogP) is 6.49. The first-order chi connectivity index (χ1) is 13.7. The van der Waals surface area contributed by atoms with Crippen molar-refractivity contribution < 1.29 is 9.21 Å². The zero-order chi connectivity index (χ0) is 19.3. The topological polar surface area (TPSA) is 33.5 Å². The van der Waals surface area contributed by atoms with Crippen LogP contribution in [0.5, 0.6) is 0 Å². The van der Waals surface area contributed by atoms with Gasteiger partial charge in [-0.2, -0.15) is 0 Å². The third-order valence-corrected chi connectivity index (χ3v) is 5.24. The van der Waals surface area contributed by atoms with E-state index >= 15 is 0 Å². The molecule has 0 atom stereocenters. The second-order valence-corrected chi connectivity index (χ2v) is 7.44. The molecule has 1 aromatic heterocycles. The van der Waals surface area contributed by atoms with E-state index in [4.69, 9.17) is 16.0 Å². The van der Waals surface area contributed by atoms with E-state index in [1.54, 1.807) is 12.2 Å². The maximum atomic E-state index is 12.5. The highest BCUT2D eigenvalue weighted by atomic mass is 35.5. The fraction of sp³-hybridized carbons (Fsp3) is 0.208. The summed E-state index contributed by atoms with van der Waals surface area (Å²) in [5.74, 6) is 1.32. The van der Waals surface area contributed by atoms with E-state index in [1.165, 1.54) is 24.9 Å². The van der Waals surface area contributed by atoms with E-state index in [0.29, 0.717) is 16.3 Å². The molecule has 4 rings (SSSR count). The number of carbonyl (C=O) groups is 1. The Hall–Kier alpha value is -2.78. The number of nitrogens with zero attached hydrogens (tertiary/aromatic N) is 1. The van der Waals surface area contributed by atoms with E-state index in [-0.39, 0.29) is 5.78 Å². The van der Waals surface area contributed by atoms with Crippen molar-refractivity contribution >= 4 is 29.1 Å². The van der Waals surface area contributed by atoms with Crippen LogP contribution in [0.25, 0.3) is 17.4 Å². The summed E-state index contributed by atoms with van der Waals surface area (Å²) in [5, 5.41) is 0.661. The number of hydrogen-bond acceptors (Lipinski definition) is 3. The lowest BCUT2D eigenvalue weighted by Crippen LogP contribution is -2.29. The third-order valence-electron chi connectivity index (χ3n) is 5.01. The molecule has 1 fully saturated rings. The van der Waals surface area contributed by atoms with Crippen molar-refractivity contribution in [3.05, 3.63) is 83.1 Å². The lowest BCUT2D eigenvalue weighted by Gasteiger charge is -2.28. The smallest absolute Gasteiger partial charge is 0.185 e. The number of furan rings is 1. The molecule has 0 bridgehead atoms. The Morgan fingerprint density at radius 1 is 0.964 bits per heavy atom. The van der Waals surface area contributed by atoms with Crippen LogP contribution >= 0.6 is 11.6 Å². The number of piperidine rings is 1. The van der Waals surface area contributed by atoms with Gasteiger partial charge in [0.1, 0.15) is 11.5 Å². The van der Waals surface area contributed by atoms with Gasteiger partial charge in [0.2, 0.25) is 0 Å². The summed E-state index contributed by atoms with van der Waals surface area (Å²) in [7, 11) is 0. The lowest BCUT2D eigenvalue weighted by atomic mass is 10.1. The molecule has 2 aromatic carbocycles. The number of hydrogen-bond donors (Lipinski definition) is 0. The molecule has 0 aliphatic carbocycles. The normalized spacial score (nSPS) is 14.5. The maximum absolute atomic E-state index is 12.5. The number of halogens is 1. The first kappa shape index (κ1) is 18.6. The van der Waals surface area contributed by atoms with Gasteiger partial charge in [-0.25, -0.2) is 0 Å². The van der Waals surface area contributed by atoms with Crippen LogP contribution in [0.1, 0.15) is 35.4 Å². The zero-order valence-electron chi connectivity index (χ0n) is 15.6. The van der Waals surface area contributed by atoms with Gasteiger partial charge in [-0.05, 0) is 79.9 Å². The molecule has 0 N–H and O–H groups in total. The van der Waals surface area contributed by atoms with Crippen LogP contribution in [0.3, 0.4) is 0 Å². The summed E-state index contributed by atoms with van der Waals surface area (Å²) in [5.41, 5.74) is 2.78. The van der Waals surface area contributed by atoms with E-state index in [0.717, 1.165) is 24.4 Å². The highest BCUT2D eigenvalue weighted by molar-refractivity contribution is 6.30. The second kappa shape index (κ2) is 8.49. The highest BCUT2D eigenvalue weighted by Crippen LogP contribution is 2.25. The van der Waals surface area contributed by atoms with Crippen molar-refractivity contribution in [3.8, 4) is 11.3 Å². The minimum absolute atomic E-state index is 0.0362. The summed E-state index contributed by atoms with van der Waals surface area (Å²) >= 11 is 6.03. The molecule has 142 valence electrons. The van der Waals surface area contributed by atoms with Gasteiger partial charge in [-0.15, -0.1) is 0 Å². The van der Waals surface area contributed by atoms with E-state index in [9.17, 15) is 4.79 Å². The summed E-state index contributed by atoms with van der Waals surface area (Å²) in [6, 6.07) is 19.1. The Labute approximate surface area is 170 Å². The number of carbonyl (C=O) groups excluding carboxylic acids is 1. The molecule has 4 heteroatoms. The van der Waals surface area contributed by atoms with Crippen LogP contribution in [-0.2, 0) is 0 Å². The lowest BCUT2D eigenvalue weighted by molar-refractivity contribution is 0.104. The summed E-state index contributed by atoms with van der Waals surface area (Å²) < 4.78 is 5.81. The third kappa shape index (κ3) is 4.37. The molecule has 1 aliphatic rings. The van der Waals surface area contributed by atoms with Crippen molar-refractivity contribution in [3.63, 3.8) is 0 Å². The monoisotopic (exact) mass is 391 g/mol. The number of anilines is 1. The van der Waals surface area contributed by atoms with Gasteiger partial charge in [-0.1, -0.05) is 23.7 Å². The molecule has 2 heterocycles. The van der Waals surface area contributed by atoms with Gasteiger partial charge in [0.25, 0.3) is 0 Å². The molecule has 0 unspecified atom stereocenters. The molecule has 28 heavy (non-hydrogen) atoms. The zero-order valence-corrected chi connectivity index (χ0v) is 16.4. The molecule has 0 amide bonds. The fourth-order valence-corrected chi connectivity index (χ4v) is 3.67. The fourth-order valence-electron chi connectivity index (χ4n) is 3.48. The summed E-state index contributed by atoms with van der Waals surface area (Å²) in [6.07, 6.45) is 7.04. The van der Waals surface area contributed by atoms with Gasteiger partial charge in [-0.3, -0.25) is 4.79 Å². The van der Waals surface area contributed by atoms with E-state index in [1.807, 2.05) is 60.7 Å². The second-order valence-electron chi connectivity index (χ2n) is 7.00. The Morgan fingerprint density at radius 2 is 1.75 bits per heavy atom. The molecule has 1 saturated heterocycles. The van der Waals surface area contributed by atoms with Crippen LogP contribution < -0.4 is 4.90 Å². The molecule has 0 saturated carbocycles. The van der Waals surface area contributed by atoms with Crippen molar-refractivity contribution in [1.29, 1.82) is 0 Å². The van der Waals surface area contributed by atoms with Crippen molar-refractivity contribution in [2.45, 2.75) is 19.3 Å². The van der Waals surface area contributed by atoms with Gasteiger partial charge in [0.05, 0.1) is 0 Å². The number of ketones is 1. The van der Waals surface area contributed by atoms with E-state index in [2.05, 4.69) is 4.90 Å². The largest absolute Gasteiger partial charge is 0.457 e. The van der Waals surface area contributed by atoms with Crippen molar-refractivity contribution in [1.82, 2.24) is 0 Å². The minimum atomic E-state index is -0.0362. The molecular formula is C24H22ClNO2. The summed E-state index contributed by atoms with van der Waals surface area (Å²) in [6.45, 7) is 2.20. The summed E-state index contributed by atoms with van der Waals surface area (Å²) in [4.78, 5) is 14.9. The Balaban J connectivity index is 1.42. The molecule has 0 spiro atoms. The first-order valence-corrected chi connectivity index (χ1v) is 10.00. The quantitative estimate of drug-likeness (QED) is 0.368. The number of benzene rings is 2. The van der Waals surface area contributed by atoms with Gasteiger partial charge < -0.3 is 9.32 Å². The average Bonchev–Trinajstić information content (AvgIpc) is 3.22. The molecule has 3 aromatic rings. The standard InChI is InChI=1S/C24H22ClNO2/c25-20-6-4-5-19(17-20)24-14-12-22(28-24)11-13-23(27)18-7-9-21(10-8-18)26-15-2-1-3-16-26/h4-14,17H,1-3,15-16H2/b13-11+. The van der Waals surface area contributed by atoms with Crippen LogP contribution in [0.2, 0.25) is 5.02 Å². The SMILES string of the molecule is O=C(/C=C/c1ccc(-c2cccc(Cl)c2)o1)c1ccc(N2CCCCC2)cc1. The molecule has 3 nitrogen and oxygen atoms in total. The molecule has 0 radical (unpaired) electrons. The molecule has 1 aliphatic heterocycles. The number of allylic oxidation sites excluding steroid dienone is 1. The maximum Gasteiger partial charge on any atom is 0.185 e. The van der Waals surface area contributed by atoms with Crippen molar-refractivity contribution in [2.75, 3.05) is 18.0 Å².